The molecule has 0 spiro atoms. The van der Waals surface area contributed by atoms with Crippen molar-refractivity contribution in [2.45, 2.75) is 64.7 Å². The van der Waals surface area contributed by atoms with Gasteiger partial charge in [0.1, 0.15) is 5.78 Å². The number of carbonyl (C=O) groups excluding carboxylic acids is 1. The van der Waals surface area contributed by atoms with Gasteiger partial charge in [-0.15, -0.1) is 0 Å². The highest BCUT2D eigenvalue weighted by molar-refractivity contribution is 5.87. The maximum atomic E-state index is 13.9. The summed E-state index contributed by atoms with van der Waals surface area (Å²) >= 11 is 0. The van der Waals surface area contributed by atoms with E-state index in [4.69, 9.17) is 0 Å². The van der Waals surface area contributed by atoms with Crippen molar-refractivity contribution in [3.05, 3.63) is 11.6 Å². The standard InChI is InChI=1S/C19H26F2O/c1-19-10-14(18(20)21)17-12-5-3-2-4-11(12)6-7-13(17)15(19)8-9-16(19)22/h4,12-15,17-18H,2-3,5-10H2,1H3/t12-,13-,14-,15-,17+,19-/m0/s1. The van der Waals surface area contributed by atoms with E-state index in [1.54, 1.807) is 0 Å². The third kappa shape index (κ3) is 1.96. The first-order valence-electron chi connectivity index (χ1n) is 9.03. The van der Waals surface area contributed by atoms with Crippen molar-refractivity contribution in [2.75, 3.05) is 0 Å². The van der Waals surface area contributed by atoms with E-state index >= 15 is 0 Å². The molecule has 1 nitrogen and oxygen atoms in total. The normalized spacial score (nSPS) is 47.7. The van der Waals surface area contributed by atoms with Gasteiger partial charge in [-0.1, -0.05) is 18.6 Å². The van der Waals surface area contributed by atoms with Gasteiger partial charge in [0.2, 0.25) is 6.43 Å². The molecule has 0 N–H and O–H groups in total. The van der Waals surface area contributed by atoms with E-state index in [-0.39, 0.29) is 11.7 Å². The van der Waals surface area contributed by atoms with Crippen LogP contribution < -0.4 is 0 Å². The molecule has 3 heteroatoms. The second kappa shape index (κ2) is 5.14. The number of halogens is 2. The molecule has 0 aromatic rings. The number of hydrogen-bond acceptors (Lipinski definition) is 1. The van der Waals surface area contributed by atoms with Crippen molar-refractivity contribution in [3.63, 3.8) is 0 Å². The average molecular weight is 308 g/mol. The van der Waals surface area contributed by atoms with Crippen molar-refractivity contribution in [2.24, 2.45) is 35.0 Å². The van der Waals surface area contributed by atoms with Crippen molar-refractivity contribution in [1.29, 1.82) is 0 Å². The fourth-order valence-electron chi connectivity index (χ4n) is 6.53. The van der Waals surface area contributed by atoms with Crippen molar-refractivity contribution in [3.8, 4) is 0 Å². The second-order valence-electron chi connectivity index (χ2n) is 8.28. The summed E-state index contributed by atoms with van der Waals surface area (Å²) in [6, 6.07) is 0. The number of allylic oxidation sites excluding steroid dienone is 2. The van der Waals surface area contributed by atoms with Gasteiger partial charge in [-0.05, 0) is 68.6 Å². The van der Waals surface area contributed by atoms with Gasteiger partial charge in [0, 0.05) is 17.8 Å². The fourth-order valence-corrected chi connectivity index (χ4v) is 6.53. The molecule has 6 atom stereocenters. The molecule has 0 heterocycles. The summed E-state index contributed by atoms with van der Waals surface area (Å²) in [5, 5.41) is 0. The number of Topliss-reactive ketones (excluding diaryl/α,β-unsaturated/α-hetero) is 1. The van der Waals surface area contributed by atoms with Crippen LogP contribution in [0, 0.1) is 35.0 Å². The quantitative estimate of drug-likeness (QED) is 0.622. The summed E-state index contributed by atoms with van der Waals surface area (Å²) in [5.41, 5.74) is 1.00. The second-order valence-corrected chi connectivity index (χ2v) is 8.28. The average Bonchev–Trinajstić information content (AvgIpc) is 2.81. The molecule has 22 heavy (non-hydrogen) atoms. The van der Waals surface area contributed by atoms with Gasteiger partial charge in [0.15, 0.2) is 0 Å². The Kier molecular flexibility index (Phi) is 3.47. The molecule has 3 fully saturated rings. The predicted octanol–water partition coefficient (Wildman–Crippen LogP) is 5.01. The van der Waals surface area contributed by atoms with Gasteiger partial charge in [0.25, 0.3) is 0 Å². The lowest BCUT2D eigenvalue weighted by molar-refractivity contribution is -0.141. The van der Waals surface area contributed by atoms with Gasteiger partial charge >= 0.3 is 0 Å². The van der Waals surface area contributed by atoms with E-state index in [9.17, 15) is 13.6 Å². The molecule has 0 unspecified atom stereocenters. The molecule has 4 aliphatic carbocycles. The number of rotatable bonds is 1. The molecule has 0 saturated heterocycles. The molecule has 122 valence electrons. The van der Waals surface area contributed by atoms with Gasteiger partial charge in [-0.2, -0.15) is 0 Å². The van der Waals surface area contributed by atoms with E-state index in [1.807, 2.05) is 6.92 Å². The predicted molar refractivity (Wildman–Crippen MR) is 81.6 cm³/mol. The van der Waals surface area contributed by atoms with Crippen LogP contribution in [0.4, 0.5) is 8.78 Å². The van der Waals surface area contributed by atoms with Crippen LogP contribution >= 0.6 is 0 Å². The van der Waals surface area contributed by atoms with Crippen LogP contribution in [0.2, 0.25) is 0 Å². The maximum Gasteiger partial charge on any atom is 0.241 e. The van der Waals surface area contributed by atoms with Crippen molar-refractivity contribution >= 4 is 5.78 Å². The minimum atomic E-state index is -2.28. The SMILES string of the molecule is C[C@]12C[C@H](C(F)F)[C@H]3[C@@H](CCC4=CCCC[C@@H]43)[C@@H]1CCC2=O. The zero-order valence-electron chi connectivity index (χ0n) is 13.4. The smallest absolute Gasteiger partial charge is 0.241 e. The van der Waals surface area contributed by atoms with Crippen LogP contribution in [0.3, 0.4) is 0 Å². The third-order valence-corrected chi connectivity index (χ3v) is 7.46. The Bertz CT molecular complexity index is 512. The van der Waals surface area contributed by atoms with E-state index in [0.717, 1.165) is 38.5 Å². The summed E-state index contributed by atoms with van der Waals surface area (Å²) in [4.78, 5) is 12.4. The summed E-state index contributed by atoms with van der Waals surface area (Å²) in [5.74, 6) is 0.913. The maximum absolute atomic E-state index is 13.9. The first-order chi connectivity index (χ1) is 10.5. The number of carbonyl (C=O) groups is 1. The van der Waals surface area contributed by atoms with Crippen molar-refractivity contribution in [1.82, 2.24) is 0 Å². The molecular formula is C19H26F2O. The largest absolute Gasteiger partial charge is 0.299 e. The van der Waals surface area contributed by atoms with Crippen LogP contribution in [-0.2, 0) is 4.79 Å². The third-order valence-electron chi connectivity index (χ3n) is 7.46. The summed E-state index contributed by atoms with van der Waals surface area (Å²) in [6.45, 7) is 1.99. The summed E-state index contributed by atoms with van der Waals surface area (Å²) in [6.07, 6.45) is 7.53. The summed E-state index contributed by atoms with van der Waals surface area (Å²) < 4.78 is 27.7. The van der Waals surface area contributed by atoms with E-state index in [2.05, 4.69) is 6.08 Å². The Morgan fingerprint density at radius 3 is 2.82 bits per heavy atom. The van der Waals surface area contributed by atoms with Gasteiger partial charge in [-0.3, -0.25) is 4.79 Å². The molecule has 4 aliphatic rings. The van der Waals surface area contributed by atoms with Gasteiger partial charge < -0.3 is 0 Å². The van der Waals surface area contributed by atoms with Gasteiger partial charge in [-0.25, -0.2) is 8.78 Å². The van der Waals surface area contributed by atoms with Crippen LogP contribution in [0.25, 0.3) is 0 Å². The van der Waals surface area contributed by atoms with E-state index < -0.39 is 17.8 Å². The molecule has 3 saturated carbocycles. The van der Waals surface area contributed by atoms with Crippen LogP contribution in [0.1, 0.15) is 58.3 Å². The highest BCUT2D eigenvalue weighted by Crippen LogP contribution is 2.63. The first kappa shape index (κ1) is 14.8. The molecule has 0 amide bonds. The minimum Gasteiger partial charge on any atom is -0.299 e. The number of ketones is 1. The van der Waals surface area contributed by atoms with Crippen LogP contribution in [0.5, 0.6) is 0 Å². The molecule has 0 bridgehead atoms. The fraction of sp³-hybridized carbons (Fsp3) is 0.842. The lowest BCUT2D eigenvalue weighted by atomic mass is 9.49. The Labute approximate surface area is 131 Å². The molecule has 0 aliphatic heterocycles. The van der Waals surface area contributed by atoms with Crippen LogP contribution in [0.15, 0.2) is 11.6 Å². The molecule has 0 aromatic carbocycles. The molecule has 4 rings (SSSR count). The Hall–Kier alpha value is -0.730. The first-order valence-corrected chi connectivity index (χ1v) is 9.03. The minimum absolute atomic E-state index is 0.129. The monoisotopic (exact) mass is 308 g/mol. The highest BCUT2D eigenvalue weighted by atomic mass is 19.3. The Morgan fingerprint density at radius 2 is 2.05 bits per heavy atom. The number of alkyl halides is 2. The number of fused-ring (bicyclic) bond motifs is 5. The lowest BCUT2D eigenvalue weighted by Gasteiger charge is -2.55. The zero-order valence-corrected chi connectivity index (χ0v) is 13.4. The molecule has 0 radical (unpaired) electrons. The summed E-state index contributed by atoms with van der Waals surface area (Å²) in [7, 11) is 0. The number of hydrogen-bond donors (Lipinski definition) is 0. The van der Waals surface area contributed by atoms with Crippen molar-refractivity contribution < 1.29 is 13.6 Å². The van der Waals surface area contributed by atoms with E-state index in [1.165, 1.54) is 5.57 Å². The molecule has 0 aromatic heterocycles. The van der Waals surface area contributed by atoms with Crippen LogP contribution in [-0.4, -0.2) is 12.2 Å². The highest BCUT2D eigenvalue weighted by Gasteiger charge is 2.60. The topological polar surface area (TPSA) is 17.1 Å². The Morgan fingerprint density at radius 1 is 1.23 bits per heavy atom. The van der Waals surface area contributed by atoms with E-state index in [0.29, 0.717) is 30.6 Å². The molecular weight excluding hydrogens is 282 g/mol. The van der Waals surface area contributed by atoms with Gasteiger partial charge in [0.05, 0.1) is 0 Å². The zero-order chi connectivity index (χ0) is 15.5. The Balaban J connectivity index is 1.74. The lowest BCUT2D eigenvalue weighted by Crippen LogP contribution is -2.52.